The maximum Gasteiger partial charge on any atom is 0.327 e. The molecule has 1 aliphatic rings. The van der Waals surface area contributed by atoms with E-state index >= 15 is 0 Å². The Labute approximate surface area is 103 Å². The third-order valence-electron chi connectivity index (χ3n) is 2.95. The summed E-state index contributed by atoms with van der Waals surface area (Å²) in [6, 6.07) is -0.149. The molecule has 17 heavy (non-hydrogen) atoms. The highest BCUT2D eigenvalue weighted by molar-refractivity contribution is 6.06. The first-order valence-corrected chi connectivity index (χ1v) is 6.40. The largest absolute Gasteiger partial charge is 0.327 e. The number of nitrogens with zero attached hydrogens (tertiary/aromatic N) is 2. The van der Waals surface area contributed by atoms with Gasteiger partial charge in [0.2, 0.25) is 0 Å². The fraction of sp³-hybridized carbons (Fsp3) is 0.692. The van der Waals surface area contributed by atoms with Crippen LogP contribution in [0.5, 0.6) is 0 Å². The van der Waals surface area contributed by atoms with Crippen LogP contribution in [0.25, 0.3) is 0 Å². The number of hydrogen-bond acceptors (Lipinski definition) is 2. The van der Waals surface area contributed by atoms with Crippen LogP contribution in [-0.4, -0.2) is 41.4 Å². The molecule has 1 aliphatic heterocycles. The van der Waals surface area contributed by atoms with Crippen LogP contribution in [0.3, 0.4) is 0 Å². The first-order chi connectivity index (χ1) is 8.11. The molecule has 0 unspecified atom stereocenters. The van der Waals surface area contributed by atoms with Gasteiger partial charge in [-0.25, -0.2) is 4.79 Å². The molecule has 0 bridgehead atoms. The fourth-order valence-electron chi connectivity index (χ4n) is 1.85. The maximum absolute atomic E-state index is 12.1. The first kappa shape index (κ1) is 13.7. The minimum Gasteiger partial charge on any atom is -0.320 e. The quantitative estimate of drug-likeness (QED) is 0.667. The molecule has 1 rings (SSSR count). The number of unbranched alkanes of at least 4 members (excludes halogenated alkanes) is 2. The molecule has 0 saturated carbocycles. The van der Waals surface area contributed by atoms with Crippen molar-refractivity contribution in [2.75, 3.05) is 19.6 Å². The number of hydrogen-bond donors (Lipinski definition) is 0. The zero-order valence-corrected chi connectivity index (χ0v) is 10.9. The van der Waals surface area contributed by atoms with E-state index in [1.54, 1.807) is 4.90 Å². The lowest BCUT2D eigenvalue weighted by molar-refractivity contribution is -0.126. The van der Waals surface area contributed by atoms with Gasteiger partial charge in [-0.1, -0.05) is 33.3 Å². The number of carbonyl (C=O) groups is 2. The zero-order chi connectivity index (χ0) is 12.8. The average Bonchev–Trinajstić information content (AvgIpc) is 2.32. The van der Waals surface area contributed by atoms with Crippen molar-refractivity contribution in [2.45, 2.75) is 39.5 Å². The molecule has 0 atom stereocenters. The summed E-state index contributed by atoms with van der Waals surface area (Å²) < 4.78 is 0. The van der Waals surface area contributed by atoms with Crippen LogP contribution in [0, 0.1) is 0 Å². The van der Waals surface area contributed by atoms with E-state index in [1.807, 2.05) is 6.92 Å². The van der Waals surface area contributed by atoms with E-state index in [0.29, 0.717) is 25.2 Å². The van der Waals surface area contributed by atoms with Crippen LogP contribution in [0.15, 0.2) is 12.2 Å². The van der Waals surface area contributed by atoms with Crippen LogP contribution in [0.4, 0.5) is 4.79 Å². The normalized spacial score (nSPS) is 16.9. The van der Waals surface area contributed by atoms with Crippen molar-refractivity contribution >= 4 is 11.9 Å². The van der Waals surface area contributed by atoms with Gasteiger partial charge < -0.3 is 4.90 Å². The van der Waals surface area contributed by atoms with E-state index < -0.39 is 0 Å². The molecule has 1 fully saturated rings. The summed E-state index contributed by atoms with van der Waals surface area (Å²) in [4.78, 5) is 27.0. The number of urea groups is 1. The Kier molecular flexibility index (Phi) is 5.19. The van der Waals surface area contributed by atoms with Crippen LogP contribution >= 0.6 is 0 Å². The Morgan fingerprint density at radius 1 is 1.12 bits per heavy atom. The van der Waals surface area contributed by atoms with E-state index in [9.17, 15) is 9.59 Å². The molecule has 1 saturated heterocycles. The monoisotopic (exact) mass is 238 g/mol. The lowest BCUT2D eigenvalue weighted by atomic mass is 10.1. The average molecular weight is 238 g/mol. The van der Waals surface area contributed by atoms with Crippen molar-refractivity contribution < 1.29 is 9.59 Å². The summed E-state index contributed by atoms with van der Waals surface area (Å²) in [5, 5.41) is 0. The van der Waals surface area contributed by atoms with Gasteiger partial charge in [-0.05, 0) is 12.8 Å². The molecular weight excluding hydrogens is 216 g/mol. The first-order valence-electron chi connectivity index (χ1n) is 6.40. The third kappa shape index (κ3) is 3.32. The molecule has 0 spiro atoms. The second kappa shape index (κ2) is 6.42. The predicted octanol–water partition coefficient (Wildman–Crippen LogP) is 2.41. The van der Waals surface area contributed by atoms with Crippen LogP contribution in [0.1, 0.15) is 39.5 Å². The Morgan fingerprint density at radius 3 is 2.29 bits per heavy atom. The van der Waals surface area contributed by atoms with Gasteiger partial charge in [0, 0.05) is 18.7 Å². The standard InChI is InChI=1S/C13H22N2O2/c1-4-6-8-14-10-11(3)12(16)15(13(14)17)9-7-5-2/h3-10H2,1-2H3. The topological polar surface area (TPSA) is 40.6 Å². The van der Waals surface area contributed by atoms with Crippen molar-refractivity contribution in [2.24, 2.45) is 0 Å². The number of carbonyl (C=O) groups excluding carboxylic acids is 2. The van der Waals surface area contributed by atoms with E-state index in [2.05, 4.69) is 13.5 Å². The highest BCUT2D eigenvalue weighted by atomic mass is 16.2. The van der Waals surface area contributed by atoms with Crippen LogP contribution in [0.2, 0.25) is 0 Å². The summed E-state index contributed by atoms with van der Waals surface area (Å²) in [6.07, 6.45) is 3.83. The Balaban J connectivity index is 2.69. The van der Waals surface area contributed by atoms with Gasteiger partial charge in [0.25, 0.3) is 5.91 Å². The van der Waals surface area contributed by atoms with Gasteiger partial charge in [0.1, 0.15) is 0 Å². The van der Waals surface area contributed by atoms with Gasteiger partial charge in [0.15, 0.2) is 0 Å². The second-order valence-corrected chi connectivity index (χ2v) is 4.47. The molecule has 0 aromatic heterocycles. The maximum atomic E-state index is 12.1. The molecule has 0 aromatic rings. The van der Waals surface area contributed by atoms with Crippen molar-refractivity contribution in [3.8, 4) is 0 Å². The molecule has 3 amide bonds. The highest BCUT2D eigenvalue weighted by Gasteiger charge is 2.33. The van der Waals surface area contributed by atoms with Gasteiger partial charge in [-0.2, -0.15) is 0 Å². The third-order valence-corrected chi connectivity index (χ3v) is 2.95. The molecule has 4 heteroatoms. The number of amides is 3. The fourth-order valence-corrected chi connectivity index (χ4v) is 1.85. The summed E-state index contributed by atoms with van der Waals surface area (Å²) in [6.45, 7) is 9.50. The molecule has 0 aromatic carbocycles. The van der Waals surface area contributed by atoms with Crippen molar-refractivity contribution in [3.63, 3.8) is 0 Å². The molecule has 4 nitrogen and oxygen atoms in total. The van der Waals surface area contributed by atoms with Gasteiger partial charge >= 0.3 is 6.03 Å². The van der Waals surface area contributed by atoms with E-state index in [1.165, 1.54) is 4.90 Å². The zero-order valence-electron chi connectivity index (χ0n) is 10.9. The highest BCUT2D eigenvalue weighted by Crippen LogP contribution is 2.15. The molecular formula is C13H22N2O2. The lowest BCUT2D eigenvalue weighted by Gasteiger charge is -2.35. The molecule has 0 N–H and O–H groups in total. The SMILES string of the molecule is C=C1CN(CCCC)C(=O)N(CCCC)C1=O. The van der Waals surface area contributed by atoms with Crippen LogP contribution < -0.4 is 0 Å². The Hall–Kier alpha value is -1.32. The summed E-state index contributed by atoms with van der Waals surface area (Å²) in [7, 11) is 0. The van der Waals surface area contributed by atoms with Gasteiger partial charge in [-0.3, -0.25) is 9.69 Å². The minimum atomic E-state index is -0.198. The smallest absolute Gasteiger partial charge is 0.320 e. The van der Waals surface area contributed by atoms with Crippen molar-refractivity contribution in [1.29, 1.82) is 0 Å². The number of rotatable bonds is 6. The Morgan fingerprint density at radius 2 is 1.71 bits per heavy atom. The second-order valence-electron chi connectivity index (χ2n) is 4.47. The Bertz CT molecular complexity index is 313. The van der Waals surface area contributed by atoms with Crippen LogP contribution in [-0.2, 0) is 4.79 Å². The summed E-state index contributed by atoms with van der Waals surface area (Å²) >= 11 is 0. The number of imide groups is 1. The van der Waals surface area contributed by atoms with E-state index in [-0.39, 0.29) is 11.9 Å². The lowest BCUT2D eigenvalue weighted by Crippen LogP contribution is -2.53. The van der Waals surface area contributed by atoms with E-state index in [4.69, 9.17) is 0 Å². The molecule has 0 radical (unpaired) electrons. The van der Waals surface area contributed by atoms with Gasteiger partial charge in [0.05, 0.1) is 6.54 Å². The molecule has 0 aliphatic carbocycles. The summed E-state index contributed by atoms with van der Waals surface area (Å²) in [5.74, 6) is -0.198. The van der Waals surface area contributed by atoms with Crippen molar-refractivity contribution in [1.82, 2.24) is 9.80 Å². The van der Waals surface area contributed by atoms with Gasteiger partial charge in [-0.15, -0.1) is 0 Å². The van der Waals surface area contributed by atoms with Crippen molar-refractivity contribution in [3.05, 3.63) is 12.2 Å². The molecule has 96 valence electrons. The predicted molar refractivity (Wildman–Crippen MR) is 67.6 cm³/mol. The minimum absolute atomic E-state index is 0.149. The van der Waals surface area contributed by atoms with E-state index in [0.717, 1.165) is 25.7 Å². The molecule has 1 heterocycles. The summed E-state index contributed by atoms with van der Waals surface area (Å²) in [5.41, 5.74) is 0.525.